The van der Waals surface area contributed by atoms with Crippen LogP contribution in [0.3, 0.4) is 0 Å². The minimum Gasteiger partial charge on any atom is -0.338 e. The van der Waals surface area contributed by atoms with Gasteiger partial charge in [0.25, 0.3) is 0 Å². The number of hydrogen-bond acceptors (Lipinski definition) is 5. The van der Waals surface area contributed by atoms with Crippen molar-refractivity contribution < 1.29 is 17.7 Å². The molecule has 1 atom stereocenters. The van der Waals surface area contributed by atoms with Crippen molar-refractivity contribution in [3.63, 3.8) is 0 Å². The van der Waals surface area contributed by atoms with Gasteiger partial charge in [-0.05, 0) is 13.0 Å². The Hall–Kier alpha value is -1.90. The van der Waals surface area contributed by atoms with Crippen LogP contribution < -0.4 is 5.32 Å². The zero-order valence-corrected chi connectivity index (χ0v) is 10.6. The maximum absolute atomic E-state index is 13.3. The minimum absolute atomic E-state index is 0.107. The van der Waals surface area contributed by atoms with E-state index >= 15 is 0 Å². The van der Waals surface area contributed by atoms with E-state index in [4.69, 9.17) is 4.52 Å². The van der Waals surface area contributed by atoms with Crippen molar-refractivity contribution in [3.05, 3.63) is 18.4 Å². The molecule has 3 heterocycles. The summed E-state index contributed by atoms with van der Waals surface area (Å²) in [6, 6.07) is 0. The molecule has 2 aromatic heterocycles. The Morgan fingerprint density at radius 3 is 2.80 bits per heavy atom. The molecule has 0 radical (unpaired) electrons. The fraction of sp³-hybridized carbons (Fsp3) is 0.545. The van der Waals surface area contributed by atoms with Gasteiger partial charge < -0.3 is 14.4 Å². The van der Waals surface area contributed by atoms with Crippen LogP contribution in [0.15, 0.2) is 17.0 Å². The Morgan fingerprint density at radius 2 is 2.25 bits per heavy atom. The summed E-state index contributed by atoms with van der Waals surface area (Å²) in [6.07, 6.45) is -1.56. The maximum atomic E-state index is 13.3. The van der Waals surface area contributed by atoms with Crippen LogP contribution in [0.1, 0.15) is 12.3 Å². The molecule has 1 unspecified atom stereocenters. The molecule has 1 N–H and O–H groups in total. The van der Waals surface area contributed by atoms with Gasteiger partial charge in [0.05, 0.1) is 12.5 Å². The summed E-state index contributed by atoms with van der Waals surface area (Å²) in [5, 5.41) is 6.36. The van der Waals surface area contributed by atoms with Crippen LogP contribution >= 0.6 is 0 Å². The van der Waals surface area contributed by atoms with E-state index in [2.05, 4.69) is 20.4 Å². The zero-order valence-electron chi connectivity index (χ0n) is 10.6. The van der Waals surface area contributed by atoms with Gasteiger partial charge in [-0.1, -0.05) is 5.16 Å². The molecule has 1 fully saturated rings. The summed E-state index contributed by atoms with van der Waals surface area (Å²) in [4.78, 5) is 7.81. The fourth-order valence-electron chi connectivity index (χ4n) is 2.33. The lowest BCUT2D eigenvalue weighted by atomic mass is 9.86. The molecule has 0 spiro atoms. The van der Waals surface area contributed by atoms with Crippen molar-refractivity contribution in [1.82, 2.24) is 25.0 Å². The molecule has 1 aliphatic rings. The second-order valence-electron chi connectivity index (χ2n) is 4.82. The highest BCUT2D eigenvalue weighted by Gasteiger charge is 2.61. The van der Waals surface area contributed by atoms with E-state index in [1.165, 1.54) is 12.5 Å². The van der Waals surface area contributed by atoms with E-state index < -0.39 is 17.5 Å². The minimum atomic E-state index is -4.44. The van der Waals surface area contributed by atoms with Crippen LogP contribution in [-0.4, -0.2) is 39.0 Å². The molecule has 108 valence electrons. The molecular weight excluding hydrogens is 275 g/mol. The molecular formula is C11H12F3N5O. The van der Waals surface area contributed by atoms with E-state index in [-0.39, 0.29) is 25.3 Å². The van der Waals surface area contributed by atoms with E-state index in [0.717, 1.165) is 0 Å². The smallest absolute Gasteiger partial charge is 0.338 e. The first-order valence-corrected chi connectivity index (χ1v) is 6.02. The van der Waals surface area contributed by atoms with Crippen molar-refractivity contribution in [3.8, 4) is 11.5 Å². The van der Waals surface area contributed by atoms with Crippen LogP contribution in [0.2, 0.25) is 0 Å². The third-order valence-electron chi connectivity index (χ3n) is 3.58. The van der Waals surface area contributed by atoms with Gasteiger partial charge in [-0.25, -0.2) is 4.98 Å². The van der Waals surface area contributed by atoms with Crippen molar-refractivity contribution in [2.24, 2.45) is 7.05 Å². The lowest BCUT2D eigenvalue weighted by molar-refractivity contribution is -0.191. The number of rotatable bonds is 2. The highest BCUT2D eigenvalue weighted by atomic mass is 19.4. The molecule has 1 saturated heterocycles. The molecule has 20 heavy (non-hydrogen) atoms. The Labute approximate surface area is 112 Å². The van der Waals surface area contributed by atoms with Crippen LogP contribution in [0, 0.1) is 0 Å². The average Bonchev–Trinajstić information content (AvgIpc) is 3.06. The Bertz CT molecular complexity index is 612. The Kier molecular flexibility index (Phi) is 2.82. The number of hydrogen-bond donors (Lipinski definition) is 1. The van der Waals surface area contributed by atoms with E-state index in [0.29, 0.717) is 5.69 Å². The zero-order chi connectivity index (χ0) is 14.4. The summed E-state index contributed by atoms with van der Waals surface area (Å²) >= 11 is 0. The monoisotopic (exact) mass is 287 g/mol. The fourth-order valence-corrected chi connectivity index (χ4v) is 2.33. The number of halogens is 3. The molecule has 0 aromatic carbocycles. The van der Waals surface area contributed by atoms with Gasteiger partial charge in [0.15, 0.2) is 5.41 Å². The van der Waals surface area contributed by atoms with Gasteiger partial charge in [-0.2, -0.15) is 18.2 Å². The van der Waals surface area contributed by atoms with Gasteiger partial charge in [0.2, 0.25) is 11.7 Å². The largest absolute Gasteiger partial charge is 0.404 e. The van der Waals surface area contributed by atoms with Crippen molar-refractivity contribution >= 4 is 0 Å². The lowest BCUT2D eigenvalue weighted by Gasteiger charge is -2.26. The Morgan fingerprint density at radius 1 is 1.45 bits per heavy atom. The van der Waals surface area contributed by atoms with Crippen molar-refractivity contribution in [2.75, 3.05) is 13.1 Å². The summed E-state index contributed by atoms with van der Waals surface area (Å²) in [6.45, 7) is 0.0203. The van der Waals surface area contributed by atoms with Gasteiger partial charge in [-0.3, -0.25) is 0 Å². The molecule has 0 aliphatic carbocycles. The summed E-state index contributed by atoms with van der Waals surface area (Å²) in [5.41, 5.74) is -1.60. The van der Waals surface area contributed by atoms with Crippen molar-refractivity contribution in [1.29, 1.82) is 0 Å². The topological polar surface area (TPSA) is 68.8 Å². The lowest BCUT2D eigenvalue weighted by Crippen LogP contribution is -2.44. The van der Waals surface area contributed by atoms with E-state index in [1.54, 1.807) is 11.6 Å². The molecule has 0 amide bonds. The van der Waals surface area contributed by atoms with Crippen LogP contribution in [0.4, 0.5) is 13.2 Å². The number of nitrogens with zero attached hydrogens (tertiary/aromatic N) is 4. The number of aryl methyl sites for hydroxylation is 1. The normalized spacial score (nSPS) is 23.4. The van der Waals surface area contributed by atoms with E-state index in [9.17, 15) is 13.2 Å². The number of imidazole rings is 1. The summed E-state index contributed by atoms with van der Waals surface area (Å²) in [5.74, 6) is -0.290. The maximum Gasteiger partial charge on any atom is 0.404 e. The SMILES string of the molecule is Cn1cncc1-c1noc(C2(C(F)(F)F)CCNC2)n1. The second-order valence-corrected chi connectivity index (χ2v) is 4.82. The highest BCUT2D eigenvalue weighted by Crippen LogP contribution is 2.44. The van der Waals surface area contributed by atoms with Crippen LogP contribution in [0.25, 0.3) is 11.5 Å². The standard InChI is InChI=1S/C11H12F3N5O/c1-19-6-16-4-7(19)8-17-9(20-18-8)10(11(12,13)14)2-3-15-5-10/h4,6,15H,2-3,5H2,1H3. The summed E-state index contributed by atoms with van der Waals surface area (Å²) < 4.78 is 46.5. The van der Waals surface area contributed by atoms with Crippen LogP contribution in [0.5, 0.6) is 0 Å². The molecule has 0 saturated carbocycles. The third kappa shape index (κ3) is 1.80. The first kappa shape index (κ1) is 13.1. The molecule has 0 bridgehead atoms. The first-order valence-electron chi connectivity index (χ1n) is 6.02. The van der Waals surface area contributed by atoms with Gasteiger partial charge in [0, 0.05) is 13.6 Å². The van der Waals surface area contributed by atoms with Gasteiger partial charge in [0.1, 0.15) is 5.69 Å². The first-order chi connectivity index (χ1) is 9.44. The molecule has 9 heteroatoms. The molecule has 3 rings (SSSR count). The summed E-state index contributed by atoms with van der Waals surface area (Å²) in [7, 11) is 1.70. The molecule has 2 aromatic rings. The predicted molar refractivity (Wildman–Crippen MR) is 61.7 cm³/mol. The quantitative estimate of drug-likeness (QED) is 0.900. The average molecular weight is 287 g/mol. The number of alkyl halides is 3. The number of aromatic nitrogens is 4. The van der Waals surface area contributed by atoms with Gasteiger partial charge >= 0.3 is 6.18 Å². The van der Waals surface area contributed by atoms with E-state index in [1.807, 2.05) is 0 Å². The van der Waals surface area contributed by atoms with Crippen LogP contribution in [-0.2, 0) is 12.5 Å². The Balaban J connectivity index is 2.03. The molecule has 6 nitrogen and oxygen atoms in total. The third-order valence-corrected chi connectivity index (χ3v) is 3.58. The number of nitrogens with one attached hydrogen (secondary N) is 1. The predicted octanol–water partition coefficient (Wildman–Crippen LogP) is 1.26. The van der Waals surface area contributed by atoms with Gasteiger partial charge in [-0.15, -0.1) is 0 Å². The highest BCUT2D eigenvalue weighted by molar-refractivity contribution is 5.47. The molecule has 1 aliphatic heterocycles. The van der Waals surface area contributed by atoms with Crippen molar-refractivity contribution in [2.45, 2.75) is 18.0 Å². The second kappa shape index (κ2) is 4.30.